The largest absolute Gasteiger partial charge is 0.393 e. The zero-order chi connectivity index (χ0) is 13.1. The summed E-state index contributed by atoms with van der Waals surface area (Å²) in [7, 11) is 0. The van der Waals surface area contributed by atoms with E-state index >= 15 is 0 Å². The molecule has 2 unspecified atom stereocenters. The Bertz CT molecular complexity index is 453. The molecular weight excluding hydrogens is 318 g/mol. The maximum absolute atomic E-state index is 12.0. The summed E-state index contributed by atoms with van der Waals surface area (Å²) in [6.07, 6.45) is 2.55. The van der Waals surface area contributed by atoms with E-state index in [1.807, 2.05) is 0 Å². The van der Waals surface area contributed by atoms with Gasteiger partial charge in [0.05, 0.1) is 11.7 Å². The Labute approximate surface area is 120 Å². The van der Waals surface area contributed by atoms with Crippen LogP contribution in [0, 0.1) is 5.92 Å². The van der Waals surface area contributed by atoms with E-state index in [0.29, 0.717) is 17.1 Å². The van der Waals surface area contributed by atoms with Crippen LogP contribution < -0.4 is 5.32 Å². The van der Waals surface area contributed by atoms with Gasteiger partial charge in [-0.3, -0.25) is 4.79 Å². The fraction of sp³-hybridized carbons (Fsp3) is 0.462. The Balaban J connectivity index is 1.97. The number of carbonyl (C=O) groups excluding carboxylic acids is 1. The first-order valence-electron chi connectivity index (χ1n) is 5.99. The molecule has 0 spiro atoms. The van der Waals surface area contributed by atoms with Crippen LogP contribution in [0.3, 0.4) is 0 Å². The number of hydrogen-bond donors (Lipinski definition) is 2. The van der Waals surface area contributed by atoms with Gasteiger partial charge in [-0.05, 0) is 47.0 Å². The summed E-state index contributed by atoms with van der Waals surface area (Å²) < 4.78 is 0.719. The quantitative estimate of drug-likeness (QED) is 0.894. The Hall–Kier alpha value is -0.580. The second-order valence-electron chi connectivity index (χ2n) is 4.59. The molecule has 0 aliphatic heterocycles. The first-order chi connectivity index (χ1) is 8.58. The molecule has 1 saturated carbocycles. The first kappa shape index (κ1) is 13.8. The van der Waals surface area contributed by atoms with Crippen LogP contribution in [0.5, 0.6) is 0 Å². The Morgan fingerprint density at radius 1 is 1.50 bits per heavy atom. The standard InChI is InChI=1S/C13H15BrClNO2/c14-11-5-4-9(15)6-10(11)13(18)16-7-8-2-1-3-12(8)17/h4-6,8,12,17H,1-3,7H2,(H,16,18). The molecule has 0 radical (unpaired) electrons. The number of rotatable bonds is 3. The van der Waals surface area contributed by atoms with Gasteiger partial charge in [-0.25, -0.2) is 0 Å². The van der Waals surface area contributed by atoms with Crippen molar-refractivity contribution in [1.29, 1.82) is 0 Å². The maximum atomic E-state index is 12.0. The second-order valence-corrected chi connectivity index (χ2v) is 5.88. The normalized spacial score (nSPS) is 23.1. The summed E-state index contributed by atoms with van der Waals surface area (Å²) in [5.41, 5.74) is 0.523. The molecule has 5 heteroatoms. The lowest BCUT2D eigenvalue weighted by atomic mass is 10.1. The van der Waals surface area contributed by atoms with Crippen LogP contribution in [-0.2, 0) is 0 Å². The van der Waals surface area contributed by atoms with Crippen molar-refractivity contribution in [2.24, 2.45) is 5.92 Å². The van der Waals surface area contributed by atoms with Gasteiger partial charge in [-0.1, -0.05) is 18.0 Å². The van der Waals surface area contributed by atoms with Crippen LogP contribution in [0.2, 0.25) is 5.02 Å². The van der Waals surface area contributed by atoms with Crippen molar-refractivity contribution in [3.63, 3.8) is 0 Å². The summed E-state index contributed by atoms with van der Waals surface area (Å²) in [5, 5.41) is 13.1. The van der Waals surface area contributed by atoms with E-state index < -0.39 is 0 Å². The minimum Gasteiger partial charge on any atom is -0.393 e. The molecule has 1 aliphatic rings. The monoisotopic (exact) mass is 331 g/mol. The first-order valence-corrected chi connectivity index (χ1v) is 7.16. The van der Waals surface area contributed by atoms with E-state index in [1.54, 1.807) is 18.2 Å². The van der Waals surface area contributed by atoms with Crippen molar-refractivity contribution >= 4 is 33.4 Å². The third kappa shape index (κ3) is 3.25. The molecule has 98 valence electrons. The third-order valence-corrected chi connectivity index (χ3v) is 4.24. The highest BCUT2D eigenvalue weighted by molar-refractivity contribution is 9.10. The van der Waals surface area contributed by atoms with Gasteiger partial charge in [0.2, 0.25) is 0 Å². The minimum atomic E-state index is -0.284. The molecule has 0 aromatic heterocycles. The van der Waals surface area contributed by atoms with Gasteiger partial charge in [0.15, 0.2) is 0 Å². The number of hydrogen-bond acceptors (Lipinski definition) is 2. The number of aliphatic hydroxyl groups excluding tert-OH is 1. The molecular formula is C13H15BrClNO2. The fourth-order valence-corrected chi connectivity index (χ4v) is 2.84. The lowest BCUT2D eigenvalue weighted by Gasteiger charge is -2.15. The van der Waals surface area contributed by atoms with Crippen molar-refractivity contribution < 1.29 is 9.90 Å². The highest BCUT2D eigenvalue weighted by atomic mass is 79.9. The summed E-state index contributed by atoms with van der Waals surface area (Å²) in [5.74, 6) is 0.00962. The summed E-state index contributed by atoms with van der Waals surface area (Å²) >= 11 is 9.20. The van der Waals surface area contributed by atoms with Gasteiger partial charge in [0.25, 0.3) is 5.91 Å². The van der Waals surface area contributed by atoms with E-state index in [2.05, 4.69) is 21.2 Å². The predicted octanol–water partition coefficient (Wildman–Crippen LogP) is 2.99. The van der Waals surface area contributed by atoms with E-state index in [9.17, 15) is 9.90 Å². The van der Waals surface area contributed by atoms with Gasteiger partial charge < -0.3 is 10.4 Å². The molecule has 1 aliphatic carbocycles. The number of benzene rings is 1. The van der Waals surface area contributed by atoms with Gasteiger partial charge in [0, 0.05) is 22.0 Å². The second kappa shape index (κ2) is 6.04. The van der Waals surface area contributed by atoms with Gasteiger partial charge in [-0.2, -0.15) is 0 Å². The van der Waals surface area contributed by atoms with Crippen molar-refractivity contribution in [2.45, 2.75) is 25.4 Å². The topological polar surface area (TPSA) is 49.3 Å². The van der Waals surface area contributed by atoms with E-state index in [1.165, 1.54) is 0 Å². The maximum Gasteiger partial charge on any atom is 0.252 e. The van der Waals surface area contributed by atoms with Crippen LogP contribution in [0.4, 0.5) is 0 Å². The van der Waals surface area contributed by atoms with E-state index in [-0.39, 0.29) is 17.9 Å². The molecule has 3 nitrogen and oxygen atoms in total. The minimum absolute atomic E-state index is 0.163. The highest BCUT2D eigenvalue weighted by Gasteiger charge is 2.25. The van der Waals surface area contributed by atoms with Crippen LogP contribution in [-0.4, -0.2) is 23.7 Å². The molecule has 0 heterocycles. The molecule has 18 heavy (non-hydrogen) atoms. The van der Waals surface area contributed by atoms with E-state index in [4.69, 9.17) is 11.6 Å². The van der Waals surface area contributed by atoms with Crippen molar-refractivity contribution in [2.75, 3.05) is 6.54 Å². The number of amides is 1. The molecule has 1 amide bonds. The smallest absolute Gasteiger partial charge is 0.252 e. The van der Waals surface area contributed by atoms with Crippen LogP contribution in [0.25, 0.3) is 0 Å². The van der Waals surface area contributed by atoms with Crippen molar-refractivity contribution in [3.05, 3.63) is 33.3 Å². The average Bonchev–Trinajstić information content (AvgIpc) is 2.75. The molecule has 1 aromatic carbocycles. The number of carbonyl (C=O) groups is 1. The summed E-state index contributed by atoms with van der Waals surface area (Å²) in [6, 6.07) is 5.11. The molecule has 1 aromatic rings. The van der Waals surface area contributed by atoms with Crippen molar-refractivity contribution in [1.82, 2.24) is 5.32 Å². The van der Waals surface area contributed by atoms with Gasteiger partial charge in [-0.15, -0.1) is 0 Å². The molecule has 2 N–H and O–H groups in total. The third-order valence-electron chi connectivity index (χ3n) is 3.32. The predicted molar refractivity (Wildman–Crippen MR) is 74.8 cm³/mol. The zero-order valence-corrected chi connectivity index (χ0v) is 12.2. The number of nitrogens with one attached hydrogen (secondary N) is 1. The van der Waals surface area contributed by atoms with Crippen LogP contribution in [0.15, 0.2) is 22.7 Å². The van der Waals surface area contributed by atoms with Crippen molar-refractivity contribution in [3.8, 4) is 0 Å². The van der Waals surface area contributed by atoms with Gasteiger partial charge >= 0.3 is 0 Å². The summed E-state index contributed by atoms with van der Waals surface area (Å²) in [4.78, 5) is 12.0. The van der Waals surface area contributed by atoms with Gasteiger partial charge in [0.1, 0.15) is 0 Å². The SMILES string of the molecule is O=C(NCC1CCCC1O)c1cc(Cl)ccc1Br. The number of halogens is 2. The van der Waals surface area contributed by atoms with Crippen LogP contribution >= 0.6 is 27.5 Å². The molecule has 1 fully saturated rings. The lowest BCUT2D eigenvalue weighted by molar-refractivity contribution is 0.0916. The molecule has 2 rings (SSSR count). The molecule has 2 atom stereocenters. The summed E-state index contributed by atoms with van der Waals surface area (Å²) in [6.45, 7) is 0.513. The Kier molecular flexibility index (Phi) is 4.65. The molecule has 0 saturated heterocycles. The number of aliphatic hydroxyl groups is 1. The Morgan fingerprint density at radius 3 is 2.94 bits per heavy atom. The van der Waals surface area contributed by atoms with Crippen LogP contribution in [0.1, 0.15) is 29.6 Å². The fourth-order valence-electron chi connectivity index (χ4n) is 2.25. The molecule has 0 bridgehead atoms. The zero-order valence-electron chi connectivity index (χ0n) is 9.83. The average molecular weight is 333 g/mol. The lowest BCUT2D eigenvalue weighted by Crippen LogP contribution is -2.32. The highest BCUT2D eigenvalue weighted by Crippen LogP contribution is 2.25. The Morgan fingerprint density at radius 2 is 2.28 bits per heavy atom. The van der Waals surface area contributed by atoms with E-state index in [0.717, 1.165) is 23.7 Å².